The van der Waals surface area contributed by atoms with Gasteiger partial charge in [0.2, 0.25) is 0 Å². The molecular formula is C13H24N2O5. The minimum atomic E-state index is -0.924. The van der Waals surface area contributed by atoms with Crippen molar-refractivity contribution < 1.29 is 24.2 Å². The van der Waals surface area contributed by atoms with Crippen LogP contribution in [-0.4, -0.2) is 56.1 Å². The molecule has 7 nitrogen and oxygen atoms in total. The van der Waals surface area contributed by atoms with E-state index in [-0.39, 0.29) is 12.6 Å². The molecular weight excluding hydrogens is 264 g/mol. The molecule has 0 aliphatic carbocycles. The largest absolute Gasteiger partial charge is 0.481 e. The van der Waals surface area contributed by atoms with Crippen molar-refractivity contribution in [2.75, 3.05) is 33.4 Å². The third kappa shape index (κ3) is 4.64. The SMILES string of the molecule is COC(C)(C)CNC(=O)NCC1(C(=O)O)CCOCC1. The summed E-state index contributed by atoms with van der Waals surface area (Å²) in [6.07, 6.45) is 0.818. The van der Waals surface area contributed by atoms with E-state index in [4.69, 9.17) is 9.47 Å². The first-order valence-corrected chi connectivity index (χ1v) is 6.69. The highest BCUT2D eigenvalue weighted by atomic mass is 16.5. The average Bonchev–Trinajstić information content (AvgIpc) is 2.44. The maximum Gasteiger partial charge on any atom is 0.314 e. The van der Waals surface area contributed by atoms with Crippen LogP contribution in [-0.2, 0) is 14.3 Å². The van der Waals surface area contributed by atoms with Crippen molar-refractivity contribution >= 4 is 12.0 Å². The number of hydrogen-bond acceptors (Lipinski definition) is 4. The van der Waals surface area contributed by atoms with Crippen LogP contribution in [0.15, 0.2) is 0 Å². The molecule has 2 amide bonds. The Hall–Kier alpha value is -1.34. The number of aliphatic carboxylic acids is 1. The quantitative estimate of drug-likeness (QED) is 0.665. The summed E-state index contributed by atoms with van der Waals surface area (Å²) < 4.78 is 10.4. The van der Waals surface area contributed by atoms with Crippen LogP contribution in [0.2, 0.25) is 0 Å². The highest BCUT2D eigenvalue weighted by Gasteiger charge is 2.40. The highest BCUT2D eigenvalue weighted by Crippen LogP contribution is 2.29. The Balaban J connectivity index is 2.44. The predicted octanol–water partition coefficient (Wildman–Crippen LogP) is 0.592. The van der Waals surface area contributed by atoms with Gasteiger partial charge in [-0.25, -0.2) is 4.79 Å². The standard InChI is InChI=1S/C13H24N2O5/c1-12(2,19-3)8-14-11(18)15-9-13(10(16)17)4-6-20-7-5-13/h4-9H2,1-3H3,(H,16,17)(H2,14,15,18). The second-order valence-corrected chi connectivity index (χ2v) is 5.70. The molecule has 7 heteroatoms. The van der Waals surface area contributed by atoms with Crippen molar-refractivity contribution in [2.45, 2.75) is 32.3 Å². The Kier molecular flexibility index (Phi) is 5.76. The summed E-state index contributed by atoms with van der Waals surface area (Å²) in [5.74, 6) is -0.890. The van der Waals surface area contributed by atoms with Crippen molar-refractivity contribution in [3.8, 4) is 0 Å². The first kappa shape index (κ1) is 16.7. The number of methoxy groups -OCH3 is 1. The highest BCUT2D eigenvalue weighted by molar-refractivity contribution is 5.78. The Bertz CT molecular complexity index is 351. The summed E-state index contributed by atoms with van der Waals surface area (Å²) in [4.78, 5) is 23.1. The zero-order chi connectivity index (χ0) is 15.2. The van der Waals surface area contributed by atoms with Gasteiger partial charge in [0.05, 0.1) is 11.0 Å². The molecule has 0 bridgehead atoms. The number of hydrogen-bond donors (Lipinski definition) is 3. The van der Waals surface area contributed by atoms with E-state index in [0.29, 0.717) is 32.6 Å². The van der Waals surface area contributed by atoms with E-state index in [2.05, 4.69) is 10.6 Å². The van der Waals surface area contributed by atoms with E-state index in [1.165, 1.54) is 0 Å². The fraction of sp³-hybridized carbons (Fsp3) is 0.846. The topological polar surface area (TPSA) is 96.9 Å². The average molecular weight is 288 g/mol. The third-order valence-corrected chi connectivity index (χ3v) is 3.72. The van der Waals surface area contributed by atoms with E-state index in [1.807, 2.05) is 13.8 Å². The summed E-state index contributed by atoms with van der Waals surface area (Å²) in [6.45, 7) is 4.97. The molecule has 116 valence electrons. The number of rotatable bonds is 6. The number of nitrogens with one attached hydrogen (secondary N) is 2. The minimum Gasteiger partial charge on any atom is -0.481 e. The minimum absolute atomic E-state index is 0.102. The molecule has 1 heterocycles. The molecule has 20 heavy (non-hydrogen) atoms. The predicted molar refractivity (Wildman–Crippen MR) is 72.6 cm³/mol. The maximum atomic E-state index is 11.7. The van der Waals surface area contributed by atoms with Crippen molar-refractivity contribution in [3.05, 3.63) is 0 Å². The Morgan fingerprint density at radius 1 is 1.30 bits per heavy atom. The molecule has 0 unspecified atom stereocenters. The lowest BCUT2D eigenvalue weighted by molar-refractivity contribution is -0.154. The van der Waals surface area contributed by atoms with Crippen molar-refractivity contribution in [1.82, 2.24) is 10.6 Å². The van der Waals surface area contributed by atoms with Gasteiger partial charge in [-0.3, -0.25) is 4.79 Å². The molecule has 0 aromatic heterocycles. The lowest BCUT2D eigenvalue weighted by Gasteiger charge is -2.33. The Morgan fingerprint density at radius 3 is 2.40 bits per heavy atom. The normalized spacial score (nSPS) is 18.4. The lowest BCUT2D eigenvalue weighted by Crippen LogP contribution is -2.50. The van der Waals surface area contributed by atoms with Crippen LogP contribution in [0.3, 0.4) is 0 Å². The van der Waals surface area contributed by atoms with Gasteiger partial charge < -0.3 is 25.2 Å². The Labute approximate surface area is 119 Å². The van der Waals surface area contributed by atoms with Gasteiger partial charge in [0.1, 0.15) is 0 Å². The van der Waals surface area contributed by atoms with Gasteiger partial charge in [-0.05, 0) is 26.7 Å². The summed E-state index contributed by atoms with van der Waals surface area (Å²) in [5.41, 5.74) is -1.38. The van der Waals surface area contributed by atoms with E-state index < -0.39 is 17.0 Å². The molecule has 0 atom stereocenters. The number of carboxylic acid groups (broad SMARTS) is 1. The zero-order valence-electron chi connectivity index (χ0n) is 12.3. The second-order valence-electron chi connectivity index (χ2n) is 5.70. The molecule has 0 radical (unpaired) electrons. The zero-order valence-corrected chi connectivity index (χ0v) is 12.3. The van der Waals surface area contributed by atoms with Gasteiger partial charge in [0.25, 0.3) is 0 Å². The maximum absolute atomic E-state index is 11.7. The van der Waals surface area contributed by atoms with Crippen molar-refractivity contribution in [3.63, 3.8) is 0 Å². The van der Waals surface area contributed by atoms with E-state index >= 15 is 0 Å². The number of amides is 2. The molecule has 0 aromatic rings. The number of carboxylic acids is 1. The number of carbonyl (C=O) groups is 2. The molecule has 0 saturated carbocycles. The van der Waals surface area contributed by atoms with Crippen molar-refractivity contribution in [2.24, 2.45) is 5.41 Å². The molecule has 1 saturated heterocycles. The number of urea groups is 1. The first-order valence-electron chi connectivity index (χ1n) is 6.69. The molecule has 1 aliphatic rings. The molecule has 1 aliphatic heterocycles. The number of ether oxygens (including phenoxy) is 2. The lowest BCUT2D eigenvalue weighted by atomic mass is 9.80. The van der Waals surface area contributed by atoms with Crippen LogP contribution in [0, 0.1) is 5.41 Å². The fourth-order valence-corrected chi connectivity index (χ4v) is 1.91. The van der Waals surface area contributed by atoms with Crippen LogP contribution in [0.1, 0.15) is 26.7 Å². The fourth-order valence-electron chi connectivity index (χ4n) is 1.91. The molecule has 1 rings (SSSR count). The van der Waals surface area contributed by atoms with E-state index in [1.54, 1.807) is 7.11 Å². The van der Waals surface area contributed by atoms with Crippen LogP contribution in [0.25, 0.3) is 0 Å². The third-order valence-electron chi connectivity index (χ3n) is 3.72. The van der Waals surface area contributed by atoms with Gasteiger partial charge in [0, 0.05) is 33.4 Å². The van der Waals surface area contributed by atoms with Crippen LogP contribution in [0.4, 0.5) is 4.79 Å². The van der Waals surface area contributed by atoms with Gasteiger partial charge >= 0.3 is 12.0 Å². The summed E-state index contributed by atoms with van der Waals surface area (Å²) in [5, 5.41) is 14.7. The monoisotopic (exact) mass is 288 g/mol. The van der Waals surface area contributed by atoms with Crippen molar-refractivity contribution in [1.29, 1.82) is 0 Å². The van der Waals surface area contributed by atoms with E-state index in [0.717, 1.165) is 0 Å². The van der Waals surface area contributed by atoms with Crippen LogP contribution >= 0.6 is 0 Å². The number of carbonyl (C=O) groups excluding carboxylic acids is 1. The molecule has 0 aromatic carbocycles. The van der Waals surface area contributed by atoms with Gasteiger partial charge in [-0.1, -0.05) is 0 Å². The van der Waals surface area contributed by atoms with Gasteiger partial charge in [0.15, 0.2) is 0 Å². The smallest absolute Gasteiger partial charge is 0.314 e. The van der Waals surface area contributed by atoms with Gasteiger partial charge in [-0.2, -0.15) is 0 Å². The molecule has 0 spiro atoms. The van der Waals surface area contributed by atoms with Crippen LogP contribution < -0.4 is 10.6 Å². The molecule has 3 N–H and O–H groups in total. The van der Waals surface area contributed by atoms with E-state index in [9.17, 15) is 14.7 Å². The summed E-state index contributed by atoms with van der Waals surface area (Å²) >= 11 is 0. The molecule has 1 fully saturated rings. The first-order chi connectivity index (χ1) is 9.31. The second kappa shape index (κ2) is 6.90. The Morgan fingerprint density at radius 2 is 1.90 bits per heavy atom. The summed E-state index contributed by atoms with van der Waals surface area (Å²) in [7, 11) is 1.57. The summed E-state index contributed by atoms with van der Waals surface area (Å²) in [6, 6.07) is -0.387. The van der Waals surface area contributed by atoms with Crippen LogP contribution in [0.5, 0.6) is 0 Å². The van der Waals surface area contributed by atoms with Gasteiger partial charge in [-0.15, -0.1) is 0 Å².